The molecular weight excluding hydrogens is 274 g/mol. The second-order valence-electron chi connectivity index (χ2n) is 4.76. The van der Waals surface area contributed by atoms with Gasteiger partial charge < -0.3 is 5.73 Å². The molecule has 2 heterocycles. The molecule has 0 aliphatic carbocycles. The van der Waals surface area contributed by atoms with Crippen molar-refractivity contribution in [3.05, 3.63) is 54.1 Å². The number of halogens is 2. The van der Waals surface area contributed by atoms with Crippen molar-refractivity contribution in [2.45, 2.75) is 13.0 Å². The van der Waals surface area contributed by atoms with Gasteiger partial charge in [0.25, 0.3) is 0 Å². The molecule has 2 N–H and O–H groups in total. The number of rotatable bonds is 2. The quantitative estimate of drug-likeness (QED) is 0.786. The molecular formula is C15H12F2N4. The van der Waals surface area contributed by atoms with Gasteiger partial charge in [-0.2, -0.15) is 0 Å². The first-order valence-corrected chi connectivity index (χ1v) is 6.37. The van der Waals surface area contributed by atoms with Crippen LogP contribution in [0.5, 0.6) is 0 Å². The molecule has 0 bridgehead atoms. The Balaban J connectivity index is 2.32. The Bertz CT molecular complexity index is 818. The first kappa shape index (κ1) is 13.5. The molecule has 21 heavy (non-hydrogen) atoms. The van der Waals surface area contributed by atoms with Crippen molar-refractivity contribution in [3.8, 4) is 11.3 Å². The largest absolute Gasteiger partial charge is 0.324 e. The van der Waals surface area contributed by atoms with E-state index in [0.29, 0.717) is 10.9 Å². The van der Waals surface area contributed by atoms with E-state index in [1.807, 2.05) is 0 Å². The zero-order valence-electron chi connectivity index (χ0n) is 11.2. The summed E-state index contributed by atoms with van der Waals surface area (Å²) in [5, 5.41) is 0.556. The molecule has 0 aliphatic heterocycles. The van der Waals surface area contributed by atoms with E-state index in [1.165, 1.54) is 18.6 Å². The van der Waals surface area contributed by atoms with Crippen molar-refractivity contribution >= 4 is 10.9 Å². The van der Waals surface area contributed by atoms with E-state index in [0.717, 1.165) is 11.8 Å². The molecule has 0 saturated heterocycles. The summed E-state index contributed by atoms with van der Waals surface area (Å²) in [6, 6.07) is 4.30. The first-order chi connectivity index (χ1) is 10.1. The molecule has 0 radical (unpaired) electrons. The molecule has 3 aromatic rings. The third-order valence-electron chi connectivity index (χ3n) is 3.26. The number of hydrogen-bond acceptors (Lipinski definition) is 4. The van der Waals surface area contributed by atoms with E-state index in [2.05, 4.69) is 15.0 Å². The fourth-order valence-corrected chi connectivity index (χ4v) is 2.29. The third-order valence-corrected chi connectivity index (χ3v) is 3.26. The highest BCUT2D eigenvalue weighted by atomic mass is 19.1. The van der Waals surface area contributed by atoms with Gasteiger partial charge in [0, 0.05) is 23.2 Å². The van der Waals surface area contributed by atoms with Crippen LogP contribution in [-0.2, 0) is 0 Å². The van der Waals surface area contributed by atoms with E-state index in [4.69, 9.17) is 5.73 Å². The zero-order chi connectivity index (χ0) is 15.0. The Morgan fingerprint density at radius 2 is 1.95 bits per heavy atom. The molecule has 6 heteroatoms. The summed E-state index contributed by atoms with van der Waals surface area (Å²) < 4.78 is 28.0. The van der Waals surface area contributed by atoms with Gasteiger partial charge in [0.05, 0.1) is 6.20 Å². The van der Waals surface area contributed by atoms with Crippen molar-refractivity contribution in [1.29, 1.82) is 0 Å². The Labute approximate surface area is 119 Å². The number of nitrogens with zero attached hydrogens (tertiary/aromatic N) is 3. The van der Waals surface area contributed by atoms with Crippen LogP contribution in [-0.4, -0.2) is 15.0 Å². The monoisotopic (exact) mass is 286 g/mol. The lowest BCUT2D eigenvalue weighted by atomic mass is 10.00. The van der Waals surface area contributed by atoms with Crippen LogP contribution in [0.15, 0.2) is 36.9 Å². The van der Waals surface area contributed by atoms with Crippen LogP contribution in [0.1, 0.15) is 18.5 Å². The number of benzene rings is 1. The summed E-state index contributed by atoms with van der Waals surface area (Å²) in [7, 11) is 0. The van der Waals surface area contributed by atoms with Gasteiger partial charge in [-0.15, -0.1) is 0 Å². The predicted molar refractivity (Wildman–Crippen MR) is 75.3 cm³/mol. The maximum atomic E-state index is 14.2. The summed E-state index contributed by atoms with van der Waals surface area (Å²) in [5.41, 5.74) is 7.23. The maximum absolute atomic E-state index is 14.2. The maximum Gasteiger partial charge on any atom is 0.167 e. The van der Waals surface area contributed by atoms with Gasteiger partial charge in [0.15, 0.2) is 5.82 Å². The van der Waals surface area contributed by atoms with Crippen molar-refractivity contribution in [1.82, 2.24) is 15.0 Å². The van der Waals surface area contributed by atoms with E-state index in [-0.39, 0.29) is 17.3 Å². The molecule has 2 aromatic heterocycles. The molecule has 0 fully saturated rings. The number of fused-ring (bicyclic) bond motifs is 1. The SMILES string of the molecule is C[C@H](N)c1ccnc2c(F)cc(-c3ncncc3F)cc12. The Morgan fingerprint density at radius 1 is 1.14 bits per heavy atom. The average molecular weight is 286 g/mol. The van der Waals surface area contributed by atoms with Gasteiger partial charge in [-0.3, -0.25) is 4.98 Å². The summed E-state index contributed by atoms with van der Waals surface area (Å²) in [6.45, 7) is 1.80. The summed E-state index contributed by atoms with van der Waals surface area (Å²) in [5.74, 6) is -1.15. The summed E-state index contributed by atoms with van der Waals surface area (Å²) in [4.78, 5) is 11.5. The standard InChI is InChI=1S/C15H12F2N4/c1-8(18)10-2-3-20-15-11(10)4-9(5-12(15)16)14-13(17)6-19-7-21-14/h2-8H,18H2,1H3/t8-/m0/s1. The number of hydrogen-bond donors (Lipinski definition) is 1. The van der Waals surface area contributed by atoms with Crippen LogP contribution in [0.2, 0.25) is 0 Å². The molecule has 4 nitrogen and oxygen atoms in total. The van der Waals surface area contributed by atoms with Gasteiger partial charge in [0.1, 0.15) is 23.4 Å². The number of nitrogens with two attached hydrogens (primary N) is 1. The first-order valence-electron chi connectivity index (χ1n) is 6.37. The summed E-state index contributed by atoms with van der Waals surface area (Å²) >= 11 is 0. The topological polar surface area (TPSA) is 64.7 Å². The van der Waals surface area contributed by atoms with Gasteiger partial charge in [0.2, 0.25) is 0 Å². The fourth-order valence-electron chi connectivity index (χ4n) is 2.29. The third kappa shape index (κ3) is 2.34. The van der Waals surface area contributed by atoms with Crippen LogP contribution in [0.25, 0.3) is 22.2 Å². The number of pyridine rings is 1. The lowest BCUT2D eigenvalue weighted by Gasteiger charge is -2.11. The van der Waals surface area contributed by atoms with Gasteiger partial charge in [-0.25, -0.2) is 18.7 Å². The molecule has 0 saturated carbocycles. The van der Waals surface area contributed by atoms with Crippen molar-refractivity contribution in [2.75, 3.05) is 0 Å². The molecule has 0 amide bonds. The normalized spacial score (nSPS) is 12.6. The molecule has 1 aromatic carbocycles. The smallest absolute Gasteiger partial charge is 0.167 e. The van der Waals surface area contributed by atoms with E-state index in [1.54, 1.807) is 19.1 Å². The van der Waals surface area contributed by atoms with E-state index in [9.17, 15) is 8.78 Å². The molecule has 0 aliphatic rings. The Kier molecular flexibility index (Phi) is 3.31. The lowest BCUT2D eigenvalue weighted by Crippen LogP contribution is -2.06. The summed E-state index contributed by atoms with van der Waals surface area (Å²) in [6.07, 6.45) is 3.77. The van der Waals surface area contributed by atoms with E-state index < -0.39 is 11.6 Å². The van der Waals surface area contributed by atoms with Gasteiger partial charge in [-0.1, -0.05) is 0 Å². The lowest BCUT2D eigenvalue weighted by molar-refractivity contribution is 0.616. The Morgan fingerprint density at radius 3 is 2.67 bits per heavy atom. The second kappa shape index (κ2) is 5.14. The van der Waals surface area contributed by atoms with Crippen molar-refractivity contribution in [3.63, 3.8) is 0 Å². The number of aromatic nitrogens is 3. The Hall–Kier alpha value is -2.47. The minimum Gasteiger partial charge on any atom is -0.324 e. The molecule has 0 unspecified atom stereocenters. The highest BCUT2D eigenvalue weighted by molar-refractivity contribution is 5.87. The van der Waals surface area contributed by atoms with Gasteiger partial charge in [-0.05, 0) is 30.7 Å². The minimum absolute atomic E-state index is 0.0466. The minimum atomic E-state index is -0.609. The highest BCUT2D eigenvalue weighted by Gasteiger charge is 2.14. The van der Waals surface area contributed by atoms with E-state index >= 15 is 0 Å². The van der Waals surface area contributed by atoms with Crippen LogP contribution in [0, 0.1) is 11.6 Å². The highest BCUT2D eigenvalue weighted by Crippen LogP contribution is 2.29. The van der Waals surface area contributed by atoms with Crippen LogP contribution in [0.4, 0.5) is 8.78 Å². The van der Waals surface area contributed by atoms with Crippen LogP contribution in [0.3, 0.4) is 0 Å². The van der Waals surface area contributed by atoms with Gasteiger partial charge >= 0.3 is 0 Å². The van der Waals surface area contributed by atoms with Crippen molar-refractivity contribution < 1.29 is 8.78 Å². The molecule has 3 rings (SSSR count). The van der Waals surface area contributed by atoms with Crippen molar-refractivity contribution in [2.24, 2.45) is 5.73 Å². The predicted octanol–water partition coefficient (Wildman–Crippen LogP) is 2.99. The second-order valence-corrected chi connectivity index (χ2v) is 4.76. The van der Waals surface area contributed by atoms with Crippen LogP contribution >= 0.6 is 0 Å². The average Bonchev–Trinajstić information content (AvgIpc) is 2.47. The molecule has 106 valence electrons. The molecule has 0 spiro atoms. The molecule has 1 atom stereocenters. The van der Waals surface area contributed by atoms with Crippen LogP contribution < -0.4 is 5.73 Å². The fraction of sp³-hybridized carbons (Fsp3) is 0.133. The zero-order valence-corrected chi connectivity index (χ0v) is 11.2.